The number of thiazole rings is 1. The van der Waals surface area contributed by atoms with Crippen molar-refractivity contribution < 1.29 is 14.0 Å². The molecular formula is C20H13ClFN3O2S3. The molecule has 10 heteroatoms. The zero-order valence-corrected chi connectivity index (χ0v) is 18.6. The van der Waals surface area contributed by atoms with E-state index in [1.165, 1.54) is 17.4 Å². The van der Waals surface area contributed by atoms with Crippen LogP contribution in [0.25, 0.3) is 10.6 Å². The lowest BCUT2D eigenvalue weighted by molar-refractivity contribution is 0.102. The predicted octanol–water partition coefficient (Wildman–Crippen LogP) is 6.54. The maximum atomic E-state index is 13.2. The number of hydrogen-bond acceptors (Lipinski definition) is 6. The van der Waals surface area contributed by atoms with E-state index in [4.69, 9.17) is 11.6 Å². The number of anilines is 2. The fourth-order valence-corrected chi connectivity index (χ4v) is 5.33. The number of nitrogens with one attached hydrogen (secondary N) is 2. The molecule has 0 spiro atoms. The van der Waals surface area contributed by atoms with E-state index in [0.717, 1.165) is 34.0 Å². The smallest absolute Gasteiger partial charge is 0.267 e. The van der Waals surface area contributed by atoms with Gasteiger partial charge in [-0.15, -0.1) is 34.0 Å². The topological polar surface area (TPSA) is 71.1 Å². The summed E-state index contributed by atoms with van der Waals surface area (Å²) in [5.41, 5.74) is 1.68. The molecule has 0 atom stereocenters. The Kier molecular flexibility index (Phi) is 5.96. The first-order chi connectivity index (χ1) is 14.4. The van der Waals surface area contributed by atoms with Gasteiger partial charge >= 0.3 is 0 Å². The zero-order chi connectivity index (χ0) is 21.3. The first-order valence-corrected chi connectivity index (χ1v) is 11.5. The summed E-state index contributed by atoms with van der Waals surface area (Å²) >= 11 is 10.0. The van der Waals surface area contributed by atoms with Crippen molar-refractivity contribution in [3.8, 4) is 10.6 Å². The fourth-order valence-electron chi connectivity index (χ4n) is 2.64. The minimum absolute atomic E-state index is 0.0176. The highest BCUT2D eigenvalue weighted by molar-refractivity contribution is 7.19. The molecule has 30 heavy (non-hydrogen) atoms. The van der Waals surface area contributed by atoms with Crippen LogP contribution >= 0.6 is 45.6 Å². The van der Waals surface area contributed by atoms with Gasteiger partial charge in [0.25, 0.3) is 11.8 Å². The highest BCUT2D eigenvalue weighted by Crippen LogP contribution is 2.31. The number of aromatic nitrogens is 1. The minimum Gasteiger partial charge on any atom is -0.313 e. The number of amides is 2. The summed E-state index contributed by atoms with van der Waals surface area (Å²) in [6, 6.07) is 9.17. The van der Waals surface area contributed by atoms with Crippen LogP contribution in [-0.2, 0) is 0 Å². The number of halogens is 2. The first kappa shape index (κ1) is 20.7. The number of benzene rings is 1. The van der Waals surface area contributed by atoms with Crippen LogP contribution < -0.4 is 10.6 Å². The quantitative estimate of drug-likeness (QED) is 0.343. The van der Waals surface area contributed by atoms with Gasteiger partial charge in [0.15, 0.2) is 5.13 Å². The minimum atomic E-state index is -0.521. The van der Waals surface area contributed by atoms with Crippen molar-refractivity contribution in [2.24, 2.45) is 0 Å². The average Bonchev–Trinajstić information content (AvgIpc) is 3.42. The Morgan fingerprint density at radius 2 is 1.93 bits per heavy atom. The summed E-state index contributed by atoms with van der Waals surface area (Å²) < 4.78 is 13.2. The van der Waals surface area contributed by atoms with E-state index in [1.54, 1.807) is 24.3 Å². The molecule has 4 rings (SSSR count). The molecule has 5 nitrogen and oxygen atoms in total. The van der Waals surface area contributed by atoms with Gasteiger partial charge in [-0.1, -0.05) is 17.7 Å². The van der Waals surface area contributed by atoms with Crippen LogP contribution in [0, 0.1) is 12.7 Å². The molecule has 0 aliphatic carbocycles. The zero-order valence-electron chi connectivity index (χ0n) is 15.4. The van der Waals surface area contributed by atoms with E-state index in [1.807, 2.05) is 22.9 Å². The van der Waals surface area contributed by atoms with Crippen LogP contribution in [0.4, 0.5) is 14.5 Å². The standard InChI is InChI=1S/C20H13ClFN3O2S3/c1-10-7-16(24-18(26)12-5-4-11(22)8-13(12)21)30-17(10)19(27)25-20-23-14(9-29-20)15-3-2-6-28-15/h2-9H,1H3,(H,24,26)(H,23,25,27). The molecule has 152 valence electrons. The largest absolute Gasteiger partial charge is 0.313 e. The highest BCUT2D eigenvalue weighted by atomic mass is 35.5. The van der Waals surface area contributed by atoms with Gasteiger partial charge in [0.2, 0.25) is 0 Å². The van der Waals surface area contributed by atoms with Crippen LogP contribution in [0.15, 0.2) is 47.2 Å². The maximum absolute atomic E-state index is 13.2. The SMILES string of the molecule is Cc1cc(NC(=O)c2ccc(F)cc2Cl)sc1C(=O)Nc1nc(-c2cccs2)cs1. The van der Waals surface area contributed by atoms with E-state index in [-0.39, 0.29) is 16.5 Å². The van der Waals surface area contributed by atoms with Gasteiger partial charge in [0, 0.05) is 5.38 Å². The molecule has 4 aromatic rings. The summed E-state index contributed by atoms with van der Waals surface area (Å²) in [5, 5.41) is 10.4. The molecule has 3 heterocycles. The van der Waals surface area contributed by atoms with Gasteiger partial charge in [0.05, 0.1) is 31.0 Å². The third kappa shape index (κ3) is 4.44. The van der Waals surface area contributed by atoms with E-state index in [2.05, 4.69) is 15.6 Å². The molecule has 2 N–H and O–H groups in total. The Morgan fingerprint density at radius 3 is 2.67 bits per heavy atom. The van der Waals surface area contributed by atoms with Crippen molar-refractivity contribution in [3.63, 3.8) is 0 Å². The molecule has 3 aromatic heterocycles. The number of carbonyl (C=O) groups is 2. The number of carbonyl (C=O) groups excluding carboxylic acids is 2. The second-order valence-electron chi connectivity index (χ2n) is 6.17. The summed E-state index contributed by atoms with van der Waals surface area (Å²) in [4.78, 5) is 31.0. The second kappa shape index (κ2) is 8.65. The molecule has 2 amide bonds. The van der Waals surface area contributed by atoms with E-state index >= 15 is 0 Å². The fraction of sp³-hybridized carbons (Fsp3) is 0.0500. The highest BCUT2D eigenvalue weighted by Gasteiger charge is 2.18. The molecule has 0 saturated heterocycles. The molecule has 0 unspecified atom stereocenters. The number of rotatable bonds is 5. The predicted molar refractivity (Wildman–Crippen MR) is 122 cm³/mol. The number of thiophene rings is 2. The number of nitrogens with zero attached hydrogens (tertiary/aromatic N) is 1. The van der Waals surface area contributed by atoms with Crippen LogP contribution in [0.3, 0.4) is 0 Å². The van der Waals surface area contributed by atoms with Crippen LogP contribution in [0.5, 0.6) is 0 Å². The maximum Gasteiger partial charge on any atom is 0.267 e. The van der Waals surface area contributed by atoms with Crippen molar-refractivity contribution in [1.82, 2.24) is 4.98 Å². The Labute approximate surface area is 188 Å². The first-order valence-electron chi connectivity index (χ1n) is 8.58. The summed E-state index contributed by atoms with van der Waals surface area (Å²) in [7, 11) is 0. The second-order valence-corrected chi connectivity index (χ2v) is 9.44. The monoisotopic (exact) mass is 477 g/mol. The van der Waals surface area contributed by atoms with Gasteiger partial charge in [-0.25, -0.2) is 9.37 Å². The molecule has 0 saturated carbocycles. The normalized spacial score (nSPS) is 10.8. The third-order valence-corrected chi connectivity index (χ3v) is 7.15. The number of hydrogen-bond donors (Lipinski definition) is 2. The Hall–Kier alpha value is -2.59. The molecule has 0 bridgehead atoms. The van der Waals surface area contributed by atoms with E-state index in [0.29, 0.717) is 20.6 Å². The van der Waals surface area contributed by atoms with Crippen molar-refractivity contribution in [3.05, 3.63) is 74.0 Å². The summed E-state index contributed by atoms with van der Waals surface area (Å²) in [6.45, 7) is 1.78. The Balaban J connectivity index is 1.47. The van der Waals surface area contributed by atoms with Crippen LogP contribution in [0.1, 0.15) is 25.6 Å². The molecular weight excluding hydrogens is 465 g/mol. The van der Waals surface area contributed by atoms with E-state index < -0.39 is 11.7 Å². The summed E-state index contributed by atoms with van der Waals surface area (Å²) in [5.74, 6) is -1.30. The molecule has 1 aromatic carbocycles. The third-order valence-electron chi connectivity index (χ3n) is 4.03. The van der Waals surface area contributed by atoms with Crippen molar-refractivity contribution >= 4 is 67.6 Å². The van der Waals surface area contributed by atoms with Gasteiger partial charge in [0.1, 0.15) is 5.82 Å². The average molecular weight is 478 g/mol. The Bertz CT molecular complexity index is 1230. The van der Waals surface area contributed by atoms with E-state index in [9.17, 15) is 14.0 Å². The van der Waals surface area contributed by atoms with Crippen LogP contribution in [-0.4, -0.2) is 16.8 Å². The summed E-state index contributed by atoms with van der Waals surface area (Å²) in [6.07, 6.45) is 0. The molecule has 0 aliphatic heterocycles. The lowest BCUT2D eigenvalue weighted by Crippen LogP contribution is -2.12. The van der Waals surface area contributed by atoms with Gasteiger partial charge in [-0.05, 0) is 48.2 Å². The molecule has 0 radical (unpaired) electrons. The van der Waals surface area contributed by atoms with Gasteiger partial charge in [-0.3, -0.25) is 14.9 Å². The number of aryl methyl sites for hydroxylation is 1. The van der Waals surface area contributed by atoms with Crippen molar-refractivity contribution in [1.29, 1.82) is 0 Å². The molecule has 0 aliphatic rings. The van der Waals surface area contributed by atoms with Crippen LogP contribution in [0.2, 0.25) is 5.02 Å². The molecule has 0 fully saturated rings. The lowest BCUT2D eigenvalue weighted by Gasteiger charge is -2.04. The Morgan fingerprint density at radius 1 is 1.10 bits per heavy atom. The van der Waals surface area contributed by atoms with Crippen molar-refractivity contribution in [2.75, 3.05) is 10.6 Å². The van der Waals surface area contributed by atoms with Gasteiger partial charge < -0.3 is 5.32 Å². The lowest BCUT2D eigenvalue weighted by atomic mass is 10.2. The van der Waals surface area contributed by atoms with Gasteiger partial charge in [-0.2, -0.15) is 0 Å². The van der Waals surface area contributed by atoms with Crippen molar-refractivity contribution in [2.45, 2.75) is 6.92 Å².